The van der Waals surface area contributed by atoms with Gasteiger partial charge >= 0.3 is 0 Å². The minimum absolute atomic E-state index is 0.0195. The third-order valence-corrected chi connectivity index (χ3v) is 12.8. The molecule has 18 nitrogen and oxygen atoms in total. The molecule has 0 radical (unpaired) electrons. The molecule has 1 aliphatic carbocycles. The third-order valence-electron chi connectivity index (χ3n) is 11.7. The number of rotatable bonds is 27. The predicted molar refractivity (Wildman–Crippen MR) is 235 cm³/mol. The Hall–Kier alpha value is -4.46. The van der Waals surface area contributed by atoms with Gasteiger partial charge in [-0.1, -0.05) is 53.2 Å². The summed E-state index contributed by atoms with van der Waals surface area (Å²) in [6.07, 6.45) is 3.14. The van der Waals surface area contributed by atoms with Crippen LogP contribution >= 0.6 is 11.9 Å². The van der Waals surface area contributed by atoms with Crippen LogP contribution in [-0.2, 0) is 49.5 Å². The molecule has 2 fully saturated rings. The van der Waals surface area contributed by atoms with E-state index in [0.29, 0.717) is 43.2 Å². The maximum Gasteiger partial charge on any atom is 0.276 e. The van der Waals surface area contributed by atoms with Gasteiger partial charge < -0.3 is 34.6 Å². The van der Waals surface area contributed by atoms with E-state index < -0.39 is 54.1 Å². The molecule has 7 amide bonds. The number of likely N-dealkylation sites (N-methyl/N-ethyl adjacent to an activating group) is 2. The van der Waals surface area contributed by atoms with Crippen molar-refractivity contribution in [1.82, 2.24) is 40.9 Å². The number of carbonyl (C=O) groups is 7. The maximum atomic E-state index is 14.2. The van der Waals surface area contributed by atoms with Crippen molar-refractivity contribution in [2.75, 3.05) is 55.1 Å². The molecule has 6 unspecified atom stereocenters. The number of hydrogen-bond acceptors (Lipinski definition) is 12. The van der Waals surface area contributed by atoms with Crippen LogP contribution in [0.1, 0.15) is 78.7 Å². The highest BCUT2D eigenvalue weighted by molar-refractivity contribution is 7.98. The molecule has 3 rings (SSSR count). The SMILES string of the molecule is CCC(C)C(C(CC(=O)N1CCCC1[C@H](OC)C(C)C(=O)N[C@@H](Cc1ccc(OCC(=O)NNC=O)cc1)C(=O)NSC1CC1)OC)N(C)C(=O)CNC(=O)C(C(C)C)N(C)C. The molecule has 1 saturated heterocycles. The normalized spacial score (nSPS) is 18.4. The highest BCUT2D eigenvalue weighted by Crippen LogP contribution is 2.32. The van der Waals surface area contributed by atoms with E-state index in [4.69, 9.17) is 14.2 Å². The van der Waals surface area contributed by atoms with Crippen LogP contribution in [0.4, 0.5) is 0 Å². The second-order valence-electron chi connectivity index (χ2n) is 16.8. The number of carbonyl (C=O) groups excluding carboxylic acids is 7. The lowest BCUT2D eigenvalue weighted by molar-refractivity contribution is -0.146. The van der Waals surface area contributed by atoms with Gasteiger partial charge in [-0.05, 0) is 81.3 Å². The van der Waals surface area contributed by atoms with E-state index in [1.807, 2.05) is 46.7 Å². The zero-order valence-corrected chi connectivity index (χ0v) is 38.9. The first-order chi connectivity index (χ1) is 29.5. The summed E-state index contributed by atoms with van der Waals surface area (Å²) in [7, 11) is 8.36. The summed E-state index contributed by atoms with van der Waals surface area (Å²) >= 11 is 1.34. The zero-order valence-electron chi connectivity index (χ0n) is 38.1. The van der Waals surface area contributed by atoms with Crippen molar-refractivity contribution in [1.29, 1.82) is 0 Å². The zero-order chi connectivity index (χ0) is 46.1. The summed E-state index contributed by atoms with van der Waals surface area (Å²) in [6.45, 7) is 9.58. The Morgan fingerprint density at radius 1 is 0.935 bits per heavy atom. The second kappa shape index (κ2) is 25.6. The number of nitrogens with one attached hydrogen (secondary N) is 5. The fraction of sp³-hybridized carbons (Fsp3) is 0.698. The number of benzene rings is 1. The monoisotopic (exact) mass is 890 g/mol. The number of ether oxygens (including phenoxy) is 3. The Labute approximate surface area is 371 Å². The summed E-state index contributed by atoms with van der Waals surface area (Å²) in [5.41, 5.74) is 4.94. The van der Waals surface area contributed by atoms with E-state index in [2.05, 4.69) is 26.2 Å². The van der Waals surface area contributed by atoms with Gasteiger partial charge in [-0.25, -0.2) is 0 Å². The number of likely N-dealkylation sites (tertiary alicyclic amines) is 1. The Morgan fingerprint density at radius 2 is 1.61 bits per heavy atom. The highest BCUT2D eigenvalue weighted by Gasteiger charge is 2.42. The summed E-state index contributed by atoms with van der Waals surface area (Å²) in [5, 5.41) is 6.08. The number of amides is 7. The Morgan fingerprint density at radius 3 is 2.18 bits per heavy atom. The van der Waals surface area contributed by atoms with Crippen molar-refractivity contribution in [2.45, 2.75) is 121 Å². The molecule has 0 spiro atoms. The van der Waals surface area contributed by atoms with Crippen molar-refractivity contribution in [2.24, 2.45) is 17.8 Å². The molecule has 0 aromatic heterocycles. The number of hydrazine groups is 1. The van der Waals surface area contributed by atoms with Crippen LogP contribution in [0, 0.1) is 17.8 Å². The molecule has 1 aromatic rings. The van der Waals surface area contributed by atoms with Crippen LogP contribution < -0.4 is 30.9 Å². The molecule has 62 heavy (non-hydrogen) atoms. The molecule has 1 heterocycles. The first-order valence-corrected chi connectivity index (χ1v) is 22.4. The maximum absolute atomic E-state index is 14.2. The molecular weight excluding hydrogens is 821 g/mol. The van der Waals surface area contributed by atoms with Crippen LogP contribution in [0.2, 0.25) is 0 Å². The molecule has 1 aromatic carbocycles. The second-order valence-corrected chi connectivity index (χ2v) is 17.9. The van der Waals surface area contributed by atoms with E-state index in [1.165, 1.54) is 26.2 Å². The summed E-state index contributed by atoms with van der Waals surface area (Å²) in [4.78, 5) is 95.6. The minimum atomic E-state index is -0.931. The Balaban J connectivity index is 1.71. The fourth-order valence-electron chi connectivity index (χ4n) is 8.01. The molecule has 348 valence electrons. The molecule has 2 aliphatic rings. The summed E-state index contributed by atoms with van der Waals surface area (Å²) < 4.78 is 20.3. The molecular formula is C43H70N8O10S. The highest BCUT2D eigenvalue weighted by atomic mass is 32.2. The van der Waals surface area contributed by atoms with Gasteiger partial charge in [0.05, 0.1) is 49.2 Å². The van der Waals surface area contributed by atoms with E-state index in [-0.39, 0.29) is 61.5 Å². The fourth-order valence-corrected chi connectivity index (χ4v) is 8.81. The standard InChI is InChI=1S/C43H70N8O10S/c1-11-27(4)39(50(8)37(55)23-44-43(58)38(26(2)3)49(6)7)34(59-9)22-36(54)51-20-12-13-33(51)40(60-10)28(5)41(56)46-32(42(57)48-62-31-18-19-31)21-29-14-16-30(17-15-29)61-24-35(53)47-45-25-52/h14-17,25-28,31-34,38-40H,11-13,18-24H2,1-10H3,(H,44,58)(H,45,52)(H,46,56)(H,47,53)(H,48,57)/t27?,28?,32-,33?,34?,38?,39?,40+/m0/s1. The smallest absolute Gasteiger partial charge is 0.276 e. The lowest BCUT2D eigenvalue weighted by atomic mass is 9.90. The largest absolute Gasteiger partial charge is 0.484 e. The molecule has 8 atom stereocenters. The van der Waals surface area contributed by atoms with Gasteiger partial charge in [0, 0.05) is 39.5 Å². The van der Waals surface area contributed by atoms with Crippen molar-refractivity contribution < 1.29 is 47.8 Å². The Bertz CT molecular complexity index is 1640. The predicted octanol–water partition coefficient (Wildman–Crippen LogP) is 1.42. The number of hydrogen-bond donors (Lipinski definition) is 5. The number of nitrogens with zero attached hydrogens (tertiary/aromatic N) is 3. The van der Waals surface area contributed by atoms with E-state index in [0.717, 1.165) is 18.4 Å². The van der Waals surface area contributed by atoms with Crippen LogP contribution in [0.3, 0.4) is 0 Å². The van der Waals surface area contributed by atoms with Gasteiger partial charge in [-0.3, -0.25) is 54.0 Å². The molecule has 1 saturated carbocycles. The molecule has 5 N–H and O–H groups in total. The van der Waals surface area contributed by atoms with E-state index >= 15 is 0 Å². The quantitative estimate of drug-likeness (QED) is 0.0482. The molecule has 1 aliphatic heterocycles. The average molecular weight is 891 g/mol. The third kappa shape index (κ3) is 15.4. The summed E-state index contributed by atoms with van der Waals surface area (Å²) in [5.74, 6) is -2.40. The van der Waals surface area contributed by atoms with Gasteiger partial charge in [0.1, 0.15) is 11.8 Å². The lowest BCUT2D eigenvalue weighted by Crippen LogP contribution is -2.55. The van der Waals surface area contributed by atoms with Gasteiger partial charge in [0.15, 0.2) is 6.61 Å². The first-order valence-electron chi connectivity index (χ1n) is 21.5. The van der Waals surface area contributed by atoms with E-state index in [1.54, 1.807) is 48.0 Å². The van der Waals surface area contributed by atoms with Crippen LogP contribution in [-0.4, -0.2) is 153 Å². The van der Waals surface area contributed by atoms with Gasteiger partial charge in [-0.2, -0.15) is 0 Å². The average Bonchev–Trinajstić information content (AvgIpc) is 3.96. The summed E-state index contributed by atoms with van der Waals surface area (Å²) in [6, 6.07) is 4.52. The van der Waals surface area contributed by atoms with Crippen LogP contribution in [0.5, 0.6) is 5.75 Å². The topological polar surface area (TPSA) is 217 Å². The molecule has 0 bridgehead atoms. The Kier molecular flexibility index (Phi) is 21.4. The lowest BCUT2D eigenvalue weighted by Gasteiger charge is -2.39. The van der Waals surface area contributed by atoms with Gasteiger partial charge in [0.25, 0.3) is 11.8 Å². The van der Waals surface area contributed by atoms with Crippen LogP contribution in [0.15, 0.2) is 24.3 Å². The van der Waals surface area contributed by atoms with Gasteiger partial charge in [0.2, 0.25) is 30.0 Å². The van der Waals surface area contributed by atoms with Crippen molar-refractivity contribution in [3.05, 3.63) is 29.8 Å². The molecule has 19 heteroatoms. The first kappa shape index (κ1) is 51.9. The number of methoxy groups -OCH3 is 2. The van der Waals surface area contributed by atoms with Crippen molar-refractivity contribution >= 4 is 53.8 Å². The van der Waals surface area contributed by atoms with E-state index in [9.17, 15) is 33.6 Å². The van der Waals surface area contributed by atoms with Gasteiger partial charge in [-0.15, -0.1) is 0 Å². The van der Waals surface area contributed by atoms with Crippen molar-refractivity contribution in [3.8, 4) is 5.75 Å². The van der Waals surface area contributed by atoms with Crippen molar-refractivity contribution in [3.63, 3.8) is 0 Å². The van der Waals surface area contributed by atoms with Crippen LogP contribution in [0.25, 0.3) is 0 Å². The minimum Gasteiger partial charge on any atom is -0.484 e.